The highest BCUT2D eigenvalue weighted by molar-refractivity contribution is 6.31. The standard InChI is InChI=1S/C26H32ClNO2/c1-2-29-25-14-17(7-8-24(25)30-16-20-5-3-4-6-23(20)27)15-28-26-21-10-18-9-19(12-21)13-22(26)11-18/h3-8,14,18-19,21-22,26,28H,2,9-13,15-16H2,1H3. The van der Waals surface area contributed by atoms with Gasteiger partial charge >= 0.3 is 0 Å². The van der Waals surface area contributed by atoms with Crippen molar-refractivity contribution in [2.24, 2.45) is 23.7 Å². The molecular weight excluding hydrogens is 394 g/mol. The van der Waals surface area contributed by atoms with Crippen molar-refractivity contribution in [2.75, 3.05) is 6.61 Å². The zero-order valence-corrected chi connectivity index (χ0v) is 18.5. The molecule has 0 saturated heterocycles. The first-order valence-electron chi connectivity index (χ1n) is 11.5. The molecule has 2 aromatic rings. The summed E-state index contributed by atoms with van der Waals surface area (Å²) in [5.41, 5.74) is 2.24. The van der Waals surface area contributed by atoms with Crippen LogP contribution in [-0.2, 0) is 13.2 Å². The molecule has 4 fully saturated rings. The number of rotatable bonds is 8. The molecule has 0 amide bonds. The van der Waals surface area contributed by atoms with Crippen molar-refractivity contribution in [2.45, 2.75) is 58.2 Å². The maximum atomic E-state index is 6.26. The first-order chi connectivity index (χ1) is 14.7. The van der Waals surface area contributed by atoms with Gasteiger partial charge in [-0.1, -0.05) is 35.9 Å². The van der Waals surface area contributed by atoms with Gasteiger partial charge < -0.3 is 14.8 Å². The predicted octanol–water partition coefficient (Wildman–Crippen LogP) is 6.23. The summed E-state index contributed by atoms with van der Waals surface area (Å²) >= 11 is 6.26. The molecule has 3 nitrogen and oxygen atoms in total. The zero-order chi connectivity index (χ0) is 20.5. The molecule has 30 heavy (non-hydrogen) atoms. The molecule has 4 bridgehead atoms. The monoisotopic (exact) mass is 425 g/mol. The summed E-state index contributed by atoms with van der Waals surface area (Å²) in [5, 5.41) is 4.65. The normalized spacial score (nSPS) is 29.2. The molecule has 4 saturated carbocycles. The fraction of sp³-hybridized carbons (Fsp3) is 0.538. The van der Waals surface area contributed by atoms with Crippen LogP contribution in [0, 0.1) is 23.7 Å². The van der Waals surface area contributed by atoms with Crippen LogP contribution >= 0.6 is 11.6 Å². The number of hydrogen-bond acceptors (Lipinski definition) is 3. The van der Waals surface area contributed by atoms with Crippen LogP contribution < -0.4 is 14.8 Å². The highest BCUT2D eigenvalue weighted by Crippen LogP contribution is 2.53. The second-order valence-corrected chi connectivity index (χ2v) is 9.84. The van der Waals surface area contributed by atoms with Gasteiger partial charge in [-0.2, -0.15) is 0 Å². The van der Waals surface area contributed by atoms with Gasteiger partial charge in [-0.05, 0) is 86.5 Å². The smallest absolute Gasteiger partial charge is 0.161 e. The molecule has 4 heteroatoms. The minimum atomic E-state index is 0.436. The summed E-state index contributed by atoms with van der Waals surface area (Å²) in [5.74, 6) is 5.41. The van der Waals surface area contributed by atoms with E-state index in [2.05, 4.69) is 17.4 Å². The van der Waals surface area contributed by atoms with E-state index < -0.39 is 0 Å². The van der Waals surface area contributed by atoms with Crippen molar-refractivity contribution in [1.82, 2.24) is 5.32 Å². The van der Waals surface area contributed by atoms with Gasteiger partial charge in [0.05, 0.1) is 6.61 Å². The highest BCUT2D eigenvalue weighted by Gasteiger charge is 2.47. The van der Waals surface area contributed by atoms with Crippen molar-refractivity contribution in [3.63, 3.8) is 0 Å². The van der Waals surface area contributed by atoms with Crippen molar-refractivity contribution < 1.29 is 9.47 Å². The molecule has 160 valence electrons. The van der Waals surface area contributed by atoms with Crippen LogP contribution in [0.2, 0.25) is 5.02 Å². The Hall–Kier alpha value is -1.71. The van der Waals surface area contributed by atoms with E-state index in [9.17, 15) is 0 Å². The van der Waals surface area contributed by atoms with Crippen LogP contribution in [0.15, 0.2) is 42.5 Å². The molecule has 0 aliphatic heterocycles. The molecule has 0 atom stereocenters. The summed E-state index contributed by atoms with van der Waals surface area (Å²) < 4.78 is 12.0. The molecule has 0 spiro atoms. The molecule has 0 heterocycles. The third-order valence-corrected chi connectivity index (χ3v) is 7.79. The van der Waals surface area contributed by atoms with Crippen LogP contribution in [0.1, 0.15) is 50.2 Å². The summed E-state index contributed by atoms with van der Waals surface area (Å²) in [4.78, 5) is 0. The van der Waals surface area contributed by atoms with Gasteiger partial charge in [0.25, 0.3) is 0 Å². The van der Waals surface area contributed by atoms with E-state index in [1.807, 2.05) is 37.3 Å². The molecule has 6 rings (SSSR count). The van der Waals surface area contributed by atoms with E-state index in [0.29, 0.717) is 19.3 Å². The third-order valence-electron chi connectivity index (χ3n) is 7.42. The van der Waals surface area contributed by atoms with E-state index in [1.165, 1.54) is 37.7 Å². The van der Waals surface area contributed by atoms with Crippen LogP contribution in [-0.4, -0.2) is 12.6 Å². The molecule has 2 aromatic carbocycles. The summed E-state index contributed by atoms with van der Waals surface area (Å²) in [7, 11) is 0. The number of hydrogen-bond donors (Lipinski definition) is 1. The lowest BCUT2D eigenvalue weighted by molar-refractivity contribution is -0.0142. The molecule has 0 radical (unpaired) electrons. The Bertz CT molecular complexity index is 855. The second-order valence-electron chi connectivity index (χ2n) is 9.43. The second kappa shape index (κ2) is 8.80. The average molecular weight is 426 g/mol. The fourth-order valence-corrected chi connectivity index (χ4v) is 6.51. The van der Waals surface area contributed by atoms with E-state index in [-0.39, 0.29) is 0 Å². The first kappa shape index (κ1) is 20.2. The summed E-state index contributed by atoms with van der Waals surface area (Å²) in [6.45, 7) is 3.97. The quantitative estimate of drug-likeness (QED) is 0.543. The third kappa shape index (κ3) is 4.20. The average Bonchev–Trinajstić information content (AvgIpc) is 2.73. The van der Waals surface area contributed by atoms with Crippen LogP contribution in [0.3, 0.4) is 0 Å². The van der Waals surface area contributed by atoms with Gasteiger partial charge in [0, 0.05) is 23.2 Å². The van der Waals surface area contributed by atoms with Crippen LogP contribution in [0.5, 0.6) is 11.5 Å². The highest BCUT2D eigenvalue weighted by atomic mass is 35.5. The lowest BCUT2D eigenvalue weighted by Gasteiger charge is -2.54. The molecule has 0 unspecified atom stereocenters. The predicted molar refractivity (Wildman–Crippen MR) is 121 cm³/mol. The van der Waals surface area contributed by atoms with Crippen molar-refractivity contribution in [3.05, 3.63) is 58.6 Å². The minimum absolute atomic E-state index is 0.436. The maximum absolute atomic E-state index is 6.26. The Kier molecular flexibility index (Phi) is 5.93. The van der Waals surface area contributed by atoms with Gasteiger partial charge in [-0.3, -0.25) is 0 Å². The molecule has 4 aliphatic rings. The van der Waals surface area contributed by atoms with Gasteiger partial charge in [0.1, 0.15) is 6.61 Å². The Morgan fingerprint density at radius 3 is 2.33 bits per heavy atom. The largest absolute Gasteiger partial charge is 0.490 e. The molecule has 4 aliphatic carbocycles. The number of benzene rings is 2. The topological polar surface area (TPSA) is 30.5 Å². The Morgan fingerprint density at radius 1 is 0.900 bits per heavy atom. The van der Waals surface area contributed by atoms with Gasteiger partial charge in [0.2, 0.25) is 0 Å². The van der Waals surface area contributed by atoms with E-state index in [1.54, 1.807) is 0 Å². The Balaban J connectivity index is 1.24. The molecule has 1 N–H and O–H groups in total. The fourth-order valence-electron chi connectivity index (χ4n) is 6.32. The maximum Gasteiger partial charge on any atom is 0.161 e. The Labute approximate surface area is 185 Å². The van der Waals surface area contributed by atoms with Gasteiger partial charge in [0.15, 0.2) is 11.5 Å². The van der Waals surface area contributed by atoms with Gasteiger partial charge in [-0.15, -0.1) is 0 Å². The zero-order valence-electron chi connectivity index (χ0n) is 17.8. The summed E-state index contributed by atoms with van der Waals surface area (Å²) in [6, 6.07) is 14.8. The van der Waals surface area contributed by atoms with Crippen molar-refractivity contribution >= 4 is 11.6 Å². The summed E-state index contributed by atoms with van der Waals surface area (Å²) in [6.07, 6.45) is 7.30. The lowest BCUT2D eigenvalue weighted by Crippen LogP contribution is -2.54. The Morgan fingerprint density at radius 2 is 1.63 bits per heavy atom. The van der Waals surface area contributed by atoms with Crippen molar-refractivity contribution in [1.29, 1.82) is 0 Å². The lowest BCUT2D eigenvalue weighted by atomic mass is 9.54. The van der Waals surface area contributed by atoms with E-state index in [0.717, 1.165) is 52.3 Å². The van der Waals surface area contributed by atoms with Crippen LogP contribution in [0.25, 0.3) is 0 Å². The van der Waals surface area contributed by atoms with Crippen LogP contribution in [0.4, 0.5) is 0 Å². The SMILES string of the molecule is CCOc1cc(CNC2C3CC4CC(C3)CC2C4)ccc1OCc1ccccc1Cl. The van der Waals surface area contributed by atoms with E-state index in [4.69, 9.17) is 21.1 Å². The van der Waals surface area contributed by atoms with Crippen molar-refractivity contribution in [3.8, 4) is 11.5 Å². The minimum Gasteiger partial charge on any atom is -0.490 e. The number of halogens is 1. The van der Waals surface area contributed by atoms with Gasteiger partial charge in [-0.25, -0.2) is 0 Å². The number of nitrogens with one attached hydrogen (secondary N) is 1. The number of ether oxygens (including phenoxy) is 2. The van der Waals surface area contributed by atoms with E-state index >= 15 is 0 Å². The first-order valence-corrected chi connectivity index (χ1v) is 11.9. The molecular formula is C26H32ClNO2. The molecule has 0 aromatic heterocycles.